The van der Waals surface area contributed by atoms with E-state index in [0.29, 0.717) is 17.9 Å². The monoisotopic (exact) mass is 395 g/mol. The van der Waals surface area contributed by atoms with E-state index in [4.69, 9.17) is 4.74 Å². The summed E-state index contributed by atoms with van der Waals surface area (Å²) in [4.78, 5) is 12.6. The Morgan fingerprint density at radius 1 is 0.920 bits per heavy atom. The molecule has 25 heavy (non-hydrogen) atoms. The van der Waals surface area contributed by atoms with E-state index >= 15 is 0 Å². The first kappa shape index (κ1) is 17.2. The van der Waals surface area contributed by atoms with E-state index in [1.54, 1.807) is 6.07 Å². The summed E-state index contributed by atoms with van der Waals surface area (Å²) in [5.74, 6) is 0.384. The number of amides is 1. The van der Waals surface area contributed by atoms with Gasteiger partial charge in [0.25, 0.3) is 5.91 Å². The van der Waals surface area contributed by atoms with Crippen LogP contribution in [0.5, 0.6) is 5.75 Å². The van der Waals surface area contributed by atoms with Gasteiger partial charge >= 0.3 is 0 Å². The van der Waals surface area contributed by atoms with Gasteiger partial charge in [-0.1, -0.05) is 64.5 Å². The van der Waals surface area contributed by atoms with Crippen molar-refractivity contribution in [3.63, 3.8) is 0 Å². The number of hydrogen-bond donors (Lipinski definition) is 1. The summed E-state index contributed by atoms with van der Waals surface area (Å²) in [5, 5.41) is 2.89. The molecule has 0 unspecified atom stereocenters. The number of carbonyl (C=O) groups is 1. The molecule has 0 aliphatic heterocycles. The average Bonchev–Trinajstić information content (AvgIpc) is 2.64. The molecule has 0 spiro atoms. The molecule has 0 aliphatic carbocycles. The lowest BCUT2D eigenvalue weighted by Crippen LogP contribution is -2.14. The first-order chi connectivity index (χ1) is 12.2. The Labute approximate surface area is 155 Å². The average molecular weight is 396 g/mol. The van der Waals surface area contributed by atoms with Gasteiger partial charge in [-0.15, -0.1) is 0 Å². The predicted molar refractivity (Wildman–Crippen MR) is 104 cm³/mol. The van der Waals surface area contributed by atoms with Gasteiger partial charge in [-0.05, 0) is 35.9 Å². The normalized spacial score (nSPS) is 10.3. The molecule has 3 nitrogen and oxygen atoms in total. The second kappa shape index (κ2) is 8.49. The molecule has 0 heterocycles. The number of benzene rings is 3. The molecule has 0 saturated carbocycles. The van der Waals surface area contributed by atoms with Crippen LogP contribution in [0.25, 0.3) is 0 Å². The molecule has 0 saturated heterocycles. The molecule has 0 aromatic heterocycles. The fourth-order valence-corrected chi connectivity index (χ4v) is 2.81. The van der Waals surface area contributed by atoms with Crippen LogP contribution in [0.2, 0.25) is 0 Å². The highest BCUT2D eigenvalue weighted by Gasteiger charge is 2.13. The zero-order chi connectivity index (χ0) is 17.5. The third kappa shape index (κ3) is 4.94. The van der Waals surface area contributed by atoms with Crippen molar-refractivity contribution in [1.29, 1.82) is 0 Å². The van der Waals surface area contributed by atoms with Crippen molar-refractivity contribution in [3.05, 3.63) is 94.5 Å². The molecule has 1 amide bonds. The number of para-hydroxylation sites is 1. The molecular weight excluding hydrogens is 378 g/mol. The van der Waals surface area contributed by atoms with E-state index in [-0.39, 0.29) is 5.91 Å². The summed E-state index contributed by atoms with van der Waals surface area (Å²) in [6.45, 7) is 0.511. The third-order valence-corrected chi connectivity index (χ3v) is 4.20. The van der Waals surface area contributed by atoms with Gasteiger partial charge in [-0.25, -0.2) is 0 Å². The van der Waals surface area contributed by atoms with E-state index in [9.17, 15) is 4.79 Å². The summed E-state index contributed by atoms with van der Waals surface area (Å²) in [6, 6.07) is 25.0. The standard InChI is InChI=1S/C21H18BrNO2/c22-17-11-12-20(25-14-13-16-7-3-1-4-8-16)19(15-17)21(24)23-18-9-5-2-6-10-18/h1-12,15H,13-14H2,(H,23,24). The second-order valence-electron chi connectivity index (χ2n) is 5.54. The van der Waals surface area contributed by atoms with Crippen molar-refractivity contribution in [2.24, 2.45) is 0 Å². The number of hydrogen-bond acceptors (Lipinski definition) is 2. The van der Waals surface area contributed by atoms with Gasteiger partial charge in [-0.3, -0.25) is 4.79 Å². The molecule has 4 heteroatoms. The van der Waals surface area contributed by atoms with E-state index in [1.807, 2.05) is 60.7 Å². The van der Waals surface area contributed by atoms with Crippen molar-refractivity contribution in [2.75, 3.05) is 11.9 Å². The maximum Gasteiger partial charge on any atom is 0.259 e. The maximum atomic E-state index is 12.6. The lowest BCUT2D eigenvalue weighted by Gasteiger charge is -2.12. The van der Waals surface area contributed by atoms with Crippen molar-refractivity contribution in [3.8, 4) is 5.75 Å². The first-order valence-corrected chi connectivity index (χ1v) is 8.84. The lowest BCUT2D eigenvalue weighted by molar-refractivity contribution is 0.102. The topological polar surface area (TPSA) is 38.3 Å². The molecular formula is C21H18BrNO2. The van der Waals surface area contributed by atoms with Crippen LogP contribution in [0.1, 0.15) is 15.9 Å². The Balaban J connectivity index is 1.70. The Kier molecular flexibility index (Phi) is 5.86. The van der Waals surface area contributed by atoms with Crippen LogP contribution in [0.15, 0.2) is 83.3 Å². The van der Waals surface area contributed by atoms with Crippen molar-refractivity contribution in [1.82, 2.24) is 0 Å². The van der Waals surface area contributed by atoms with Crippen LogP contribution in [-0.2, 0) is 6.42 Å². The molecule has 3 rings (SSSR count). The number of nitrogens with one attached hydrogen (secondary N) is 1. The van der Waals surface area contributed by atoms with Gasteiger partial charge in [0.05, 0.1) is 12.2 Å². The van der Waals surface area contributed by atoms with Gasteiger partial charge in [0, 0.05) is 16.6 Å². The molecule has 0 aliphatic rings. The van der Waals surface area contributed by atoms with E-state index in [2.05, 4.69) is 33.4 Å². The van der Waals surface area contributed by atoms with E-state index < -0.39 is 0 Å². The maximum absolute atomic E-state index is 12.6. The van der Waals surface area contributed by atoms with E-state index in [1.165, 1.54) is 5.56 Å². The van der Waals surface area contributed by atoms with Crippen molar-refractivity contribution >= 4 is 27.5 Å². The fourth-order valence-electron chi connectivity index (χ4n) is 2.45. The SMILES string of the molecule is O=C(Nc1ccccc1)c1cc(Br)ccc1OCCc1ccccc1. The highest BCUT2D eigenvalue weighted by molar-refractivity contribution is 9.10. The summed E-state index contributed by atoms with van der Waals surface area (Å²) in [5.41, 5.74) is 2.46. The highest BCUT2D eigenvalue weighted by atomic mass is 79.9. The fraction of sp³-hybridized carbons (Fsp3) is 0.0952. The zero-order valence-electron chi connectivity index (χ0n) is 13.6. The molecule has 3 aromatic carbocycles. The van der Waals surface area contributed by atoms with Gasteiger partial charge in [-0.2, -0.15) is 0 Å². The number of anilines is 1. The molecule has 0 fully saturated rings. The molecule has 1 N–H and O–H groups in total. The van der Waals surface area contributed by atoms with Crippen LogP contribution < -0.4 is 10.1 Å². The minimum atomic E-state index is -0.192. The smallest absolute Gasteiger partial charge is 0.259 e. The zero-order valence-corrected chi connectivity index (χ0v) is 15.2. The quantitative estimate of drug-likeness (QED) is 0.612. The summed E-state index contributed by atoms with van der Waals surface area (Å²) < 4.78 is 6.71. The van der Waals surface area contributed by atoms with Gasteiger partial charge in [0.1, 0.15) is 5.75 Å². The number of rotatable bonds is 6. The summed E-state index contributed by atoms with van der Waals surface area (Å²) >= 11 is 3.42. The molecule has 3 aromatic rings. The Bertz CT molecular complexity index is 835. The first-order valence-electron chi connectivity index (χ1n) is 8.05. The minimum Gasteiger partial charge on any atom is -0.492 e. The van der Waals surface area contributed by atoms with Crippen LogP contribution in [0.3, 0.4) is 0 Å². The Morgan fingerprint density at radius 3 is 2.32 bits per heavy atom. The highest BCUT2D eigenvalue weighted by Crippen LogP contribution is 2.24. The van der Waals surface area contributed by atoms with E-state index in [0.717, 1.165) is 16.6 Å². The lowest BCUT2D eigenvalue weighted by atomic mass is 10.1. The Hall–Kier alpha value is -2.59. The predicted octanol–water partition coefficient (Wildman–Crippen LogP) is 5.32. The van der Waals surface area contributed by atoms with Crippen molar-refractivity contribution < 1.29 is 9.53 Å². The number of carbonyl (C=O) groups excluding carboxylic acids is 1. The van der Waals surface area contributed by atoms with Gasteiger partial charge in [0.15, 0.2) is 0 Å². The van der Waals surface area contributed by atoms with Gasteiger partial charge in [0.2, 0.25) is 0 Å². The van der Waals surface area contributed by atoms with Crippen molar-refractivity contribution in [2.45, 2.75) is 6.42 Å². The summed E-state index contributed by atoms with van der Waals surface area (Å²) in [7, 11) is 0. The third-order valence-electron chi connectivity index (χ3n) is 3.71. The number of ether oxygens (including phenoxy) is 1. The molecule has 0 radical (unpaired) electrons. The second-order valence-corrected chi connectivity index (χ2v) is 6.46. The van der Waals surface area contributed by atoms with Crippen LogP contribution in [0.4, 0.5) is 5.69 Å². The largest absolute Gasteiger partial charge is 0.492 e. The molecule has 0 bridgehead atoms. The summed E-state index contributed by atoms with van der Waals surface area (Å²) in [6.07, 6.45) is 0.788. The number of halogens is 1. The van der Waals surface area contributed by atoms with Crippen LogP contribution >= 0.6 is 15.9 Å². The minimum absolute atomic E-state index is 0.192. The molecule has 126 valence electrons. The van der Waals surface area contributed by atoms with Crippen LogP contribution in [-0.4, -0.2) is 12.5 Å². The van der Waals surface area contributed by atoms with Crippen LogP contribution in [0, 0.1) is 0 Å². The Morgan fingerprint density at radius 2 is 1.60 bits per heavy atom. The van der Waals surface area contributed by atoms with Gasteiger partial charge < -0.3 is 10.1 Å². The molecule has 0 atom stereocenters.